The van der Waals surface area contributed by atoms with Crippen molar-refractivity contribution < 1.29 is 27.5 Å². The van der Waals surface area contributed by atoms with Crippen molar-refractivity contribution in [1.29, 1.82) is 0 Å². The number of halogens is 2. The molecule has 2 rings (SSSR count). The zero-order valence-corrected chi connectivity index (χ0v) is 14.2. The summed E-state index contributed by atoms with van der Waals surface area (Å²) in [5.74, 6) is -0.537. The molecule has 8 heteroatoms. The molecule has 6 nitrogen and oxygen atoms in total. The van der Waals surface area contributed by atoms with Crippen molar-refractivity contribution in [2.24, 2.45) is 0 Å². The molecule has 26 heavy (non-hydrogen) atoms. The average molecular weight is 366 g/mol. The highest BCUT2D eigenvalue weighted by Crippen LogP contribution is 2.28. The summed E-state index contributed by atoms with van der Waals surface area (Å²) in [5, 5.41) is 5.33. The van der Waals surface area contributed by atoms with Crippen LogP contribution >= 0.6 is 0 Å². The molecule has 0 bridgehead atoms. The largest absolute Gasteiger partial charge is 0.459 e. The molecule has 2 N–H and O–H groups in total. The molecule has 0 saturated heterocycles. The normalized spacial score (nSPS) is 11.8. The smallest absolute Gasteiger partial charge is 0.387 e. The Kier molecular flexibility index (Phi) is 7.13. The monoisotopic (exact) mass is 366 g/mol. The van der Waals surface area contributed by atoms with Crippen molar-refractivity contribution in [2.75, 3.05) is 6.54 Å². The fraction of sp³-hybridized carbons (Fsp3) is 0.333. The van der Waals surface area contributed by atoms with E-state index in [4.69, 9.17) is 4.42 Å². The second kappa shape index (κ2) is 9.55. The lowest BCUT2D eigenvalue weighted by atomic mass is 10.0. The van der Waals surface area contributed by atoms with Crippen LogP contribution in [-0.2, 0) is 4.79 Å². The summed E-state index contributed by atoms with van der Waals surface area (Å²) in [6.45, 7) is -0.999. The van der Waals surface area contributed by atoms with E-state index in [0.717, 1.165) is 0 Å². The van der Waals surface area contributed by atoms with Crippen molar-refractivity contribution in [3.63, 3.8) is 0 Å². The number of benzene rings is 1. The van der Waals surface area contributed by atoms with Gasteiger partial charge in [0.1, 0.15) is 5.75 Å². The fourth-order valence-corrected chi connectivity index (χ4v) is 2.42. The van der Waals surface area contributed by atoms with E-state index in [0.29, 0.717) is 12.0 Å². The third-order valence-corrected chi connectivity index (χ3v) is 3.64. The number of furan rings is 1. The number of hydrogen-bond acceptors (Lipinski definition) is 4. The van der Waals surface area contributed by atoms with Gasteiger partial charge in [0.15, 0.2) is 5.76 Å². The van der Waals surface area contributed by atoms with Crippen molar-refractivity contribution in [3.8, 4) is 5.75 Å². The van der Waals surface area contributed by atoms with Gasteiger partial charge in [-0.05, 0) is 24.6 Å². The lowest BCUT2D eigenvalue weighted by Crippen LogP contribution is -2.33. The van der Waals surface area contributed by atoms with E-state index in [2.05, 4.69) is 15.4 Å². The molecule has 0 radical (unpaired) electrons. The zero-order chi connectivity index (χ0) is 18.9. The number of carbonyl (C=O) groups excluding carboxylic acids is 2. The third-order valence-electron chi connectivity index (χ3n) is 3.64. The molecule has 1 aromatic carbocycles. The molecular weight excluding hydrogens is 346 g/mol. The quantitative estimate of drug-likeness (QED) is 0.714. The minimum absolute atomic E-state index is 0.0285. The Morgan fingerprint density at radius 2 is 1.96 bits per heavy atom. The van der Waals surface area contributed by atoms with Crippen LogP contribution in [0.2, 0.25) is 0 Å². The lowest BCUT2D eigenvalue weighted by Gasteiger charge is -2.20. The van der Waals surface area contributed by atoms with E-state index >= 15 is 0 Å². The molecule has 140 valence electrons. The highest BCUT2D eigenvalue weighted by atomic mass is 19.3. The molecule has 1 unspecified atom stereocenters. The van der Waals surface area contributed by atoms with E-state index in [1.165, 1.54) is 18.4 Å². The molecule has 0 fully saturated rings. The van der Waals surface area contributed by atoms with Crippen molar-refractivity contribution in [3.05, 3.63) is 54.0 Å². The number of rotatable bonds is 9. The molecular formula is C18H20F2N2O4. The van der Waals surface area contributed by atoms with E-state index in [-0.39, 0.29) is 30.4 Å². The van der Waals surface area contributed by atoms with Crippen molar-refractivity contribution in [1.82, 2.24) is 10.6 Å². The standard InChI is InChI=1S/C18H20F2N2O4/c1-2-13(12-6-3-4-7-14(12)26-18(19)20)22-16(23)9-10-21-17(24)15-8-5-11-25-15/h3-8,11,13,18H,2,9-10H2,1H3,(H,21,24)(H,22,23). The van der Waals surface area contributed by atoms with Crippen LogP contribution in [0.15, 0.2) is 47.1 Å². The summed E-state index contributed by atoms with van der Waals surface area (Å²) >= 11 is 0. The summed E-state index contributed by atoms with van der Waals surface area (Å²) in [4.78, 5) is 23.8. The molecule has 0 spiro atoms. The summed E-state index contributed by atoms with van der Waals surface area (Å²) in [5.41, 5.74) is 0.475. The Morgan fingerprint density at radius 3 is 2.62 bits per heavy atom. The fourth-order valence-electron chi connectivity index (χ4n) is 2.42. The zero-order valence-electron chi connectivity index (χ0n) is 14.2. The third kappa shape index (κ3) is 5.58. The van der Waals surface area contributed by atoms with Crippen LogP contribution in [-0.4, -0.2) is 25.0 Å². The van der Waals surface area contributed by atoms with Crippen LogP contribution in [0.25, 0.3) is 0 Å². The maximum absolute atomic E-state index is 12.5. The molecule has 0 saturated carbocycles. The number of carbonyl (C=O) groups is 2. The number of para-hydroxylation sites is 1. The molecule has 1 atom stereocenters. The number of alkyl halides is 2. The van der Waals surface area contributed by atoms with Crippen LogP contribution in [0.5, 0.6) is 5.75 Å². The van der Waals surface area contributed by atoms with Gasteiger partial charge < -0.3 is 19.8 Å². The molecule has 2 amide bonds. The van der Waals surface area contributed by atoms with Gasteiger partial charge in [-0.2, -0.15) is 8.78 Å². The Morgan fingerprint density at radius 1 is 1.19 bits per heavy atom. The maximum atomic E-state index is 12.5. The molecule has 0 aliphatic rings. The average Bonchev–Trinajstić information content (AvgIpc) is 3.14. The first kappa shape index (κ1) is 19.4. The van der Waals surface area contributed by atoms with Crippen LogP contribution in [0.3, 0.4) is 0 Å². The van der Waals surface area contributed by atoms with Gasteiger partial charge in [-0.3, -0.25) is 9.59 Å². The number of ether oxygens (including phenoxy) is 1. The second-order valence-corrected chi connectivity index (χ2v) is 5.43. The van der Waals surface area contributed by atoms with Crippen LogP contribution in [0, 0.1) is 0 Å². The first-order valence-electron chi connectivity index (χ1n) is 8.16. The van der Waals surface area contributed by atoms with Gasteiger partial charge >= 0.3 is 6.61 Å². The van der Waals surface area contributed by atoms with Gasteiger partial charge in [0.2, 0.25) is 5.91 Å². The predicted molar refractivity (Wildman–Crippen MR) is 89.9 cm³/mol. The minimum Gasteiger partial charge on any atom is -0.459 e. The number of nitrogens with one attached hydrogen (secondary N) is 2. The molecule has 1 aromatic heterocycles. The number of hydrogen-bond donors (Lipinski definition) is 2. The Balaban J connectivity index is 1.89. The summed E-state index contributed by atoms with van der Waals surface area (Å²) in [7, 11) is 0. The van der Waals surface area contributed by atoms with Gasteiger partial charge in [0.05, 0.1) is 12.3 Å². The highest BCUT2D eigenvalue weighted by molar-refractivity contribution is 5.91. The van der Waals surface area contributed by atoms with Gasteiger partial charge in [0.25, 0.3) is 5.91 Å². The number of amides is 2. The van der Waals surface area contributed by atoms with E-state index in [1.54, 1.807) is 24.3 Å². The van der Waals surface area contributed by atoms with Gasteiger partial charge in [-0.15, -0.1) is 0 Å². The van der Waals surface area contributed by atoms with Crippen LogP contribution in [0.1, 0.15) is 41.9 Å². The molecule has 0 aliphatic heterocycles. The lowest BCUT2D eigenvalue weighted by molar-refractivity contribution is -0.121. The SMILES string of the molecule is CCC(NC(=O)CCNC(=O)c1ccco1)c1ccccc1OC(F)F. The van der Waals surface area contributed by atoms with Gasteiger partial charge in [-0.25, -0.2) is 0 Å². The first-order chi connectivity index (χ1) is 12.5. The van der Waals surface area contributed by atoms with Crippen LogP contribution < -0.4 is 15.4 Å². The van der Waals surface area contributed by atoms with Crippen molar-refractivity contribution in [2.45, 2.75) is 32.4 Å². The molecule has 1 heterocycles. The van der Waals surface area contributed by atoms with Gasteiger partial charge in [0, 0.05) is 18.5 Å². The molecule has 2 aromatic rings. The van der Waals surface area contributed by atoms with Crippen molar-refractivity contribution >= 4 is 11.8 Å². The Labute approximate surface area is 149 Å². The molecule has 0 aliphatic carbocycles. The Bertz CT molecular complexity index is 720. The highest BCUT2D eigenvalue weighted by Gasteiger charge is 2.19. The summed E-state index contributed by atoms with van der Waals surface area (Å²) in [6.07, 6.45) is 1.92. The van der Waals surface area contributed by atoms with Crippen LogP contribution in [0.4, 0.5) is 8.78 Å². The van der Waals surface area contributed by atoms with Gasteiger partial charge in [-0.1, -0.05) is 25.1 Å². The topological polar surface area (TPSA) is 80.6 Å². The van der Waals surface area contributed by atoms with E-state index < -0.39 is 18.6 Å². The minimum atomic E-state index is -2.94. The summed E-state index contributed by atoms with van der Waals surface area (Å²) in [6, 6.07) is 8.96. The first-order valence-corrected chi connectivity index (χ1v) is 8.16. The van der Waals surface area contributed by atoms with E-state index in [9.17, 15) is 18.4 Å². The Hall–Kier alpha value is -2.90. The second-order valence-electron chi connectivity index (χ2n) is 5.43. The predicted octanol–water partition coefficient (Wildman–Crippen LogP) is 3.27. The van der Waals surface area contributed by atoms with E-state index in [1.807, 2.05) is 6.92 Å². The summed E-state index contributed by atoms with van der Waals surface area (Å²) < 4.78 is 34.5. The maximum Gasteiger partial charge on any atom is 0.387 e.